The Morgan fingerprint density at radius 2 is 1.79 bits per heavy atom. The van der Waals surface area contributed by atoms with Crippen molar-refractivity contribution in [1.29, 1.82) is 0 Å². The van der Waals surface area contributed by atoms with Crippen LogP contribution in [-0.2, 0) is 16.0 Å². The number of fused-ring (bicyclic) bond motifs is 1. The van der Waals surface area contributed by atoms with Crippen molar-refractivity contribution in [1.82, 2.24) is 4.90 Å². The van der Waals surface area contributed by atoms with Crippen LogP contribution in [0.5, 0.6) is 17.2 Å². The summed E-state index contributed by atoms with van der Waals surface area (Å²) in [5.74, 6) is 1.87. The van der Waals surface area contributed by atoms with Gasteiger partial charge in [-0.05, 0) is 53.9 Å². The summed E-state index contributed by atoms with van der Waals surface area (Å²) in [7, 11) is 4.65. The Morgan fingerprint density at radius 1 is 1.10 bits per heavy atom. The second-order valence-corrected chi connectivity index (χ2v) is 7.23. The number of halogens is 1. The van der Waals surface area contributed by atoms with Crippen LogP contribution in [-0.4, -0.2) is 51.9 Å². The summed E-state index contributed by atoms with van der Waals surface area (Å²) < 4.78 is 21.7. The largest absolute Gasteiger partial charge is 0.493 e. The summed E-state index contributed by atoms with van der Waals surface area (Å²) in [5, 5.41) is 0.674. The Morgan fingerprint density at radius 3 is 2.45 bits per heavy atom. The van der Waals surface area contributed by atoms with Crippen LogP contribution in [0.15, 0.2) is 36.4 Å². The van der Waals surface area contributed by atoms with Crippen LogP contribution in [0, 0.1) is 0 Å². The third kappa shape index (κ3) is 5.14. The fourth-order valence-corrected chi connectivity index (χ4v) is 3.77. The molecule has 2 aromatic rings. The predicted octanol–water partition coefficient (Wildman–Crippen LogP) is 3.90. The van der Waals surface area contributed by atoms with Crippen molar-refractivity contribution in [2.45, 2.75) is 18.9 Å². The molecule has 0 saturated heterocycles. The molecule has 1 aliphatic rings. The second-order valence-electron chi connectivity index (χ2n) is 6.79. The van der Waals surface area contributed by atoms with Crippen molar-refractivity contribution in [2.75, 3.05) is 41.0 Å². The van der Waals surface area contributed by atoms with E-state index in [0.717, 1.165) is 29.8 Å². The van der Waals surface area contributed by atoms with Gasteiger partial charge in [-0.2, -0.15) is 0 Å². The summed E-state index contributed by atoms with van der Waals surface area (Å²) in [6, 6.07) is 11.1. The molecule has 0 aromatic heterocycles. The normalized spacial score (nSPS) is 16.1. The molecule has 0 spiro atoms. The SMILES string of the molecule is COC(=O)CC1c2cc(OC)c(OC)cc2CCN1CCOc1ccc(Cl)cc1. The number of carbonyl (C=O) groups is 1. The van der Waals surface area contributed by atoms with Crippen molar-refractivity contribution in [3.05, 3.63) is 52.5 Å². The first kappa shape index (κ1) is 21.3. The van der Waals surface area contributed by atoms with Crippen LogP contribution in [0.2, 0.25) is 5.02 Å². The second kappa shape index (κ2) is 9.85. The Hall–Kier alpha value is -2.44. The van der Waals surface area contributed by atoms with Crippen molar-refractivity contribution in [3.63, 3.8) is 0 Å². The Kier molecular flexibility index (Phi) is 7.23. The van der Waals surface area contributed by atoms with Crippen LogP contribution in [0.4, 0.5) is 0 Å². The van der Waals surface area contributed by atoms with Crippen molar-refractivity contribution >= 4 is 17.6 Å². The molecular formula is C22H26ClNO5. The highest BCUT2D eigenvalue weighted by atomic mass is 35.5. The molecule has 1 heterocycles. The minimum absolute atomic E-state index is 0.111. The maximum absolute atomic E-state index is 12.1. The molecule has 156 valence electrons. The van der Waals surface area contributed by atoms with E-state index in [1.165, 1.54) is 7.11 Å². The molecule has 0 saturated carbocycles. The van der Waals surface area contributed by atoms with E-state index in [1.54, 1.807) is 26.4 Å². The molecule has 1 atom stereocenters. The van der Waals surface area contributed by atoms with Gasteiger partial charge in [-0.25, -0.2) is 0 Å². The monoisotopic (exact) mass is 419 g/mol. The lowest BCUT2D eigenvalue weighted by atomic mass is 9.90. The molecule has 3 rings (SSSR count). The van der Waals surface area contributed by atoms with Gasteiger partial charge in [0, 0.05) is 24.2 Å². The van der Waals surface area contributed by atoms with E-state index >= 15 is 0 Å². The molecule has 29 heavy (non-hydrogen) atoms. The summed E-state index contributed by atoms with van der Waals surface area (Å²) in [4.78, 5) is 14.3. The molecule has 0 radical (unpaired) electrons. The number of carbonyl (C=O) groups excluding carboxylic acids is 1. The zero-order chi connectivity index (χ0) is 20.8. The molecule has 7 heteroatoms. The fourth-order valence-electron chi connectivity index (χ4n) is 3.64. The van der Waals surface area contributed by atoms with Gasteiger partial charge in [0.2, 0.25) is 0 Å². The smallest absolute Gasteiger partial charge is 0.307 e. The zero-order valence-corrected chi connectivity index (χ0v) is 17.7. The van der Waals surface area contributed by atoms with Crippen LogP contribution >= 0.6 is 11.6 Å². The number of benzene rings is 2. The fraction of sp³-hybridized carbons (Fsp3) is 0.409. The van der Waals surface area contributed by atoms with E-state index < -0.39 is 0 Å². The standard InChI is InChI=1S/C22H26ClNO5/c1-26-20-12-15-8-9-24(10-11-29-17-6-4-16(23)5-7-17)19(14-22(25)28-3)18(15)13-21(20)27-2/h4-7,12-13,19H,8-11,14H2,1-3H3. The molecular weight excluding hydrogens is 394 g/mol. The zero-order valence-electron chi connectivity index (χ0n) is 16.9. The number of methoxy groups -OCH3 is 3. The first-order chi connectivity index (χ1) is 14.0. The third-order valence-electron chi connectivity index (χ3n) is 5.16. The number of esters is 1. The van der Waals surface area contributed by atoms with Gasteiger partial charge in [-0.3, -0.25) is 9.69 Å². The lowest BCUT2D eigenvalue weighted by molar-refractivity contribution is -0.142. The highest BCUT2D eigenvalue weighted by Gasteiger charge is 2.31. The Labute approximate surface area is 176 Å². The van der Waals surface area contributed by atoms with Crippen molar-refractivity contribution < 1.29 is 23.7 Å². The maximum Gasteiger partial charge on any atom is 0.307 e. The maximum atomic E-state index is 12.1. The lowest BCUT2D eigenvalue weighted by Gasteiger charge is -2.37. The summed E-state index contributed by atoms with van der Waals surface area (Å²) >= 11 is 5.92. The van der Waals surface area contributed by atoms with Crippen LogP contribution in [0.3, 0.4) is 0 Å². The number of nitrogens with zero attached hydrogens (tertiary/aromatic N) is 1. The average Bonchev–Trinajstić information content (AvgIpc) is 2.75. The molecule has 0 fully saturated rings. The van der Waals surface area contributed by atoms with Crippen molar-refractivity contribution in [3.8, 4) is 17.2 Å². The van der Waals surface area contributed by atoms with Gasteiger partial charge < -0.3 is 18.9 Å². The third-order valence-corrected chi connectivity index (χ3v) is 5.41. The van der Waals surface area contributed by atoms with Gasteiger partial charge in [0.25, 0.3) is 0 Å². The molecule has 6 nitrogen and oxygen atoms in total. The topological polar surface area (TPSA) is 57.2 Å². The molecule has 0 aliphatic carbocycles. The highest BCUT2D eigenvalue weighted by molar-refractivity contribution is 6.30. The lowest BCUT2D eigenvalue weighted by Crippen LogP contribution is -2.39. The van der Waals surface area contributed by atoms with E-state index in [-0.39, 0.29) is 18.4 Å². The molecule has 1 unspecified atom stereocenters. The quantitative estimate of drug-likeness (QED) is 0.605. The van der Waals surface area contributed by atoms with Crippen LogP contribution in [0.25, 0.3) is 0 Å². The minimum atomic E-state index is -0.249. The van der Waals surface area contributed by atoms with E-state index in [9.17, 15) is 4.79 Å². The number of rotatable bonds is 8. The molecule has 0 bridgehead atoms. The van der Waals surface area contributed by atoms with Gasteiger partial charge in [-0.1, -0.05) is 11.6 Å². The average molecular weight is 420 g/mol. The molecule has 0 N–H and O–H groups in total. The van der Waals surface area contributed by atoms with Gasteiger partial charge in [0.1, 0.15) is 12.4 Å². The van der Waals surface area contributed by atoms with Crippen LogP contribution < -0.4 is 14.2 Å². The number of hydrogen-bond acceptors (Lipinski definition) is 6. The summed E-state index contributed by atoms with van der Waals surface area (Å²) in [6.45, 7) is 1.99. The predicted molar refractivity (Wildman–Crippen MR) is 111 cm³/mol. The van der Waals surface area contributed by atoms with Gasteiger partial charge in [-0.15, -0.1) is 0 Å². The molecule has 1 aliphatic heterocycles. The first-order valence-corrected chi connectivity index (χ1v) is 9.87. The summed E-state index contributed by atoms with van der Waals surface area (Å²) in [5.41, 5.74) is 2.22. The van der Waals surface area contributed by atoms with Crippen LogP contribution in [0.1, 0.15) is 23.6 Å². The Balaban J connectivity index is 1.77. The van der Waals surface area contributed by atoms with Crippen molar-refractivity contribution in [2.24, 2.45) is 0 Å². The number of hydrogen-bond donors (Lipinski definition) is 0. The van der Waals surface area contributed by atoms with E-state index in [1.807, 2.05) is 24.3 Å². The van der Waals surface area contributed by atoms with E-state index in [4.69, 9.17) is 30.5 Å². The Bertz CT molecular complexity index is 840. The summed E-state index contributed by atoms with van der Waals surface area (Å²) in [6.07, 6.45) is 1.12. The highest BCUT2D eigenvalue weighted by Crippen LogP contribution is 2.39. The van der Waals surface area contributed by atoms with E-state index in [0.29, 0.717) is 29.7 Å². The van der Waals surface area contributed by atoms with Gasteiger partial charge in [0.05, 0.1) is 27.8 Å². The van der Waals surface area contributed by atoms with E-state index in [2.05, 4.69) is 4.90 Å². The minimum Gasteiger partial charge on any atom is -0.493 e. The molecule has 0 amide bonds. The van der Waals surface area contributed by atoms with Gasteiger partial charge >= 0.3 is 5.97 Å². The first-order valence-electron chi connectivity index (χ1n) is 9.49. The van der Waals surface area contributed by atoms with Gasteiger partial charge in [0.15, 0.2) is 11.5 Å². The number of ether oxygens (including phenoxy) is 4. The molecule has 2 aromatic carbocycles.